The first-order valence-corrected chi connectivity index (χ1v) is 7.81. The van der Waals surface area contributed by atoms with Crippen LogP contribution in [0.15, 0.2) is 21.1 Å². The molecule has 1 saturated heterocycles. The van der Waals surface area contributed by atoms with Crippen LogP contribution in [0.5, 0.6) is 0 Å². The van der Waals surface area contributed by atoms with Gasteiger partial charge in [-0.05, 0) is 54.0 Å². The number of piperidine rings is 1. The van der Waals surface area contributed by atoms with Crippen LogP contribution in [0.3, 0.4) is 0 Å². The summed E-state index contributed by atoms with van der Waals surface area (Å²) in [6.07, 6.45) is 1.53. The maximum absolute atomic E-state index is 12.2. The van der Waals surface area contributed by atoms with Gasteiger partial charge in [-0.3, -0.25) is 4.79 Å². The van der Waals surface area contributed by atoms with E-state index in [1.807, 2.05) is 0 Å². The van der Waals surface area contributed by atoms with Gasteiger partial charge in [-0.25, -0.2) is 4.79 Å². The van der Waals surface area contributed by atoms with Gasteiger partial charge >= 0.3 is 5.97 Å². The van der Waals surface area contributed by atoms with Gasteiger partial charge in [0.2, 0.25) is 5.91 Å². The summed E-state index contributed by atoms with van der Waals surface area (Å²) in [6, 6.07) is 3.19. The average molecular weight is 406 g/mol. The molecule has 1 fully saturated rings. The number of carboxylic acid groups (broad SMARTS) is 1. The number of hydrogen-bond acceptors (Lipinski definition) is 3. The summed E-state index contributed by atoms with van der Waals surface area (Å²) in [5, 5.41) is 15.2. The summed E-state index contributed by atoms with van der Waals surface area (Å²) in [4.78, 5) is 23.5. The molecule has 0 spiro atoms. The highest BCUT2D eigenvalue weighted by molar-refractivity contribution is 9.11. The van der Waals surface area contributed by atoms with E-state index in [0.717, 1.165) is 25.9 Å². The predicted molar refractivity (Wildman–Crippen MR) is 83.0 cm³/mol. The van der Waals surface area contributed by atoms with Gasteiger partial charge < -0.3 is 15.7 Å². The normalized spacial score (nSPS) is 15.9. The van der Waals surface area contributed by atoms with Crippen molar-refractivity contribution >= 4 is 49.4 Å². The van der Waals surface area contributed by atoms with E-state index in [-0.39, 0.29) is 17.4 Å². The second kappa shape index (κ2) is 6.69. The Kier molecular flexibility index (Phi) is 5.17. The molecule has 1 aromatic rings. The SMILES string of the molecule is O=C(O)c1cc(Br)cc(Br)c1NC(=O)C1CCNCC1. The summed E-state index contributed by atoms with van der Waals surface area (Å²) in [7, 11) is 0. The van der Waals surface area contributed by atoms with Crippen LogP contribution in [0.2, 0.25) is 0 Å². The molecule has 1 aromatic carbocycles. The highest BCUT2D eigenvalue weighted by atomic mass is 79.9. The van der Waals surface area contributed by atoms with Crippen LogP contribution >= 0.6 is 31.9 Å². The molecule has 0 unspecified atom stereocenters. The summed E-state index contributed by atoms with van der Waals surface area (Å²) < 4.78 is 1.19. The molecule has 0 aliphatic carbocycles. The number of nitrogens with one attached hydrogen (secondary N) is 2. The number of carbonyl (C=O) groups excluding carboxylic acids is 1. The first-order chi connectivity index (χ1) is 9.49. The maximum Gasteiger partial charge on any atom is 0.337 e. The Morgan fingerprint density at radius 2 is 1.90 bits per heavy atom. The summed E-state index contributed by atoms with van der Waals surface area (Å²) in [5.41, 5.74) is 0.373. The van der Waals surface area contributed by atoms with E-state index in [2.05, 4.69) is 42.5 Å². The highest BCUT2D eigenvalue weighted by Crippen LogP contribution is 2.31. The van der Waals surface area contributed by atoms with Crippen molar-refractivity contribution < 1.29 is 14.7 Å². The van der Waals surface area contributed by atoms with E-state index in [4.69, 9.17) is 0 Å². The largest absolute Gasteiger partial charge is 0.478 e. The van der Waals surface area contributed by atoms with Crippen molar-refractivity contribution in [1.29, 1.82) is 0 Å². The smallest absolute Gasteiger partial charge is 0.337 e. The summed E-state index contributed by atoms with van der Waals surface area (Å²) >= 11 is 6.54. The Morgan fingerprint density at radius 1 is 1.25 bits per heavy atom. The van der Waals surface area contributed by atoms with Crippen LogP contribution in [0, 0.1) is 5.92 Å². The molecule has 0 radical (unpaired) electrons. The monoisotopic (exact) mass is 404 g/mol. The van der Waals surface area contributed by atoms with Crippen molar-refractivity contribution in [2.24, 2.45) is 5.92 Å². The Balaban J connectivity index is 2.23. The number of carboxylic acids is 1. The maximum atomic E-state index is 12.2. The van der Waals surface area contributed by atoms with Gasteiger partial charge in [0.25, 0.3) is 0 Å². The van der Waals surface area contributed by atoms with Gasteiger partial charge in [0, 0.05) is 14.9 Å². The molecule has 0 aromatic heterocycles. The number of aromatic carboxylic acids is 1. The zero-order chi connectivity index (χ0) is 14.7. The van der Waals surface area contributed by atoms with Crippen LogP contribution in [0.4, 0.5) is 5.69 Å². The fraction of sp³-hybridized carbons (Fsp3) is 0.385. The van der Waals surface area contributed by atoms with Gasteiger partial charge in [-0.15, -0.1) is 0 Å². The molecule has 20 heavy (non-hydrogen) atoms. The van der Waals surface area contributed by atoms with Gasteiger partial charge in [0.1, 0.15) is 0 Å². The predicted octanol–water partition coefficient (Wildman–Crippen LogP) is 2.85. The number of carbonyl (C=O) groups is 2. The lowest BCUT2D eigenvalue weighted by Gasteiger charge is -2.22. The van der Waals surface area contributed by atoms with Gasteiger partial charge in [-0.2, -0.15) is 0 Å². The van der Waals surface area contributed by atoms with Crippen LogP contribution < -0.4 is 10.6 Å². The first kappa shape index (κ1) is 15.5. The van der Waals surface area contributed by atoms with Crippen molar-refractivity contribution in [1.82, 2.24) is 5.32 Å². The van der Waals surface area contributed by atoms with E-state index < -0.39 is 5.97 Å². The van der Waals surface area contributed by atoms with E-state index in [0.29, 0.717) is 14.6 Å². The molecule has 1 heterocycles. The molecule has 2 rings (SSSR count). The van der Waals surface area contributed by atoms with E-state index >= 15 is 0 Å². The highest BCUT2D eigenvalue weighted by Gasteiger charge is 2.23. The number of anilines is 1. The first-order valence-electron chi connectivity index (χ1n) is 6.23. The van der Waals surface area contributed by atoms with Crippen molar-refractivity contribution in [3.8, 4) is 0 Å². The van der Waals surface area contributed by atoms with Gasteiger partial charge in [0.15, 0.2) is 0 Å². The van der Waals surface area contributed by atoms with Crippen molar-refractivity contribution in [3.63, 3.8) is 0 Å². The third-order valence-corrected chi connectivity index (χ3v) is 4.33. The summed E-state index contributed by atoms with van der Waals surface area (Å²) in [6.45, 7) is 1.62. The minimum Gasteiger partial charge on any atom is -0.478 e. The third-order valence-electron chi connectivity index (χ3n) is 3.24. The second-order valence-electron chi connectivity index (χ2n) is 4.63. The number of amides is 1. The van der Waals surface area contributed by atoms with Crippen LogP contribution in [0.1, 0.15) is 23.2 Å². The fourth-order valence-electron chi connectivity index (χ4n) is 2.18. The van der Waals surface area contributed by atoms with E-state index in [1.165, 1.54) is 6.07 Å². The molecule has 1 aliphatic heterocycles. The Labute approximate surface area is 133 Å². The average Bonchev–Trinajstić information content (AvgIpc) is 2.42. The second-order valence-corrected chi connectivity index (χ2v) is 6.40. The van der Waals surface area contributed by atoms with Crippen LogP contribution in [0.25, 0.3) is 0 Å². The summed E-state index contributed by atoms with van der Waals surface area (Å²) in [5.74, 6) is -1.28. The molecular formula is C13H14Br2N2O3. The fourth-order valence-corrected chi connectivity index (χ4v) is 3.50. The molecule has 0 saturated carbocycles. The molecule has 1 aliphatic rings. The Bertz CT molecular complexity index is 543. The van der Waals surface area contributed by atoms with Crippen LogP contribution in [-0.2, 0) is 4.79 Å². The zero-order valence-corrected chi connectivity index (χ0v) is 13.8. The molecule has 1 amide bonds. The topological polar surface area (TPSA) is 78.4 Å². The molecule has 7 heteroatoms. The minimum atomic E-state index is -1.08. The lowest BCUT2D eigenvalue weighted by Crippen LogP contribution is -2.35. The quantitative estimate of drug-likeness (QED) is 0.722. The number of halogens is 2. The molecule has 0 atom stereocenters. The Morgan fingerprint density at radius 3 is 2.50 bits per heavy atom. The molecule has 108 valence electrons. The third kappa shape index (κ3) is 3.59. The molecule has 5 nitrogen and oxygen atoms in total. The van der Waals surface area contributed by atoms with Crippen molar-refractivity contribution in [2.45, 2.75) is 12.8 Å². The standard InChI is InChI=1S/C13H14Br2N2O3/c14-8-5-9(13(19)20)11(10(15)6-8)17-12(18)7-1-3-16-4-2-7/h5-7,16H,1-4H2,(H,17,18)(H,19,20). The zero-order valence-electron chi connectivity index (χ0n) is 10.6. The van der Waals surface area contributed by atoms with Crippen molar-refractivity contribution in [2.75, 3.05) is 18.4 Å². The van der Waals surface area contributed by atoms with Gasteiger partial charge in [0.05, 0.1) is 11.3 Å². The number of hydrogen-bond donors (Lipinski definition) is 3. The van der Waals surface area contributed by atoms with E-state index in [1.54, 1.807) is 6.07 Å². The molecule has 3 N–H and O–H groups in total. The van der Waals surface area contributed by atoms with E-state index in [9.17, 15) is 14.7 Å². The van der Waals surface area contributed by atoms with Gasteiger partial charge in [-0.1, -0.05) is 15.9 Å². The Hall–Kier alpha value is -0.920. The van der Waals surface area contributed by atoms with Crippen molar-refractivity contribution in [3.05, 3.63) is 26.6 Å². The van der Waals surface area contributed by atoms with Crippen LogP contribution in [-0.4, -0.2) is 30.1 Å². The number of benzene rings is 1. The lowest BCUT2D eigenvalue weighted by atomic mass is 9.97. The number of rotatable bonds is 3. The lowest BCUT2D eigenvalue weighted by molar-refractivity contribution is -0.120. The minimum absolute atomic E-state index is 0.0635. The molecular weight excluding hydrogens is 392 g/mol. The molecule has 0 bridgehead atoms.